The molecule has 1 spiro atoms. The number of hydrogen-bond acceptors (Lipinski definition) is 2. The van der Waals surface area contributed by atoms with Gasteiger partial charge in [0.05, 0.1) is 0 Å². The Morgan fingerprint density at radius 1 is 1.26 bits per heavy atom. The predicted molar refractivity (Wildman–Crippen MR) is 82.5 cm³/mol. The number of hydrogen-bond donors (Lipinski definition) is 0. The minimum atomic E-state index is -2.07. The summed E-state index contributed by atoms with van der Waals surface area (Å²) in [5.41, 5.74) is 1.44. The van der Waals surface area contributed by atoms with Gasteiger partial charge < -0.3 is 4.90 Å². The Morgan fingerprint density at radius 3 is 2.53 bits per heavy atom. The fraction of sp³-hybridized carbons (Fsp3) is 0.562. The van der Waals surface area contributed by atoms with Crippen molar-refractivity contribution in [2.45, 2.75) is 43.0 Å². The highest BCUT2D eigenvalue weighted by molar-refractivity contribution is 8.00. The van der Waals surface area contributed by atoms with Crippen molar-refractivity contribution < 1.29 is 4.21 Å². The quantitative estimate of drug-likeness (QED) is 0.735. The average Bonchev–Trinajstić information content (AvgIpc) is 2.59. The molecule has 1 unspecified atom stereocenters. The molecule has 2 aliphatic heterocycles. The summed E-state index contributed by atoms with van der Waals surface area (Å²) in [6.07, 6.45) is 2.24. The van der Waals surface area contributed by atoms with Crippen LogP contribution in [-0.4, -0.2) is 39.9 Å². The average molecular weight is 277 g/mol. The first-order valence-corrected chi connectivity index (χ1v) is 9.03. The van der Waals surface area contributed by atoms with Gasteiger partial charge in [-0.2, -0.15) is 0 Å². The molecule has 0 amide bonds. The molecule has 3 heteroatoms. The Labute approximate surface area is 116 Å². The molecule has 104 valence electrons. The third-order valence-electron chi connectivity index (χ3n) is 4.85. The number of likely N-dealkylation sites (tertiary alicyclic amines) is 1. The Kier molecular flexibility index (Phi) is 3.02. The van der Waals surface area contributed by atoms with Gasteiger partial charge in [0.15, 0.2) is 0 Å². The molecule has 1 fully saturated rings. The summed E-state index contributed by atoms with van der Waals surface area (Å²) in [7, 11) is -2.07. The van der Waals surface area contributed by atoms with E-state index in [4.69, 9.17) is 0 Å². The van der Waals surface area contributed by atoms with E-state index < -0.39 is 9.52 Å². The molecule has 0 bridgehead atoms. The van der Waals surface area contributed by atoms with E-state index in [0.717, 1.165) is 36.6 Å². The highest BCUT2D eigenvalue weighted by Gasteiger charge is 2.45. The molecule has 0 aromatic heterocycles. The molecule has 0 radical (unpaired) electrons. The van der Waals surface area contributed by atoms with Crippen molar-refractivity contribution in [3.8, 4) is 0 Å². The normalized spacial score (nSPS) is 29.8. The van der Waals surface area contributed by atoms with Crippen molar-refractivity contribution in [3.63, 3.8) is 0 Å². The van der Waals surface area contributed by atoms with E-state index in [1.807, 2.05) is 12.1 Å². The van der Waals surface area contributed by atoms with E-state index in [1.165, 1.54) is 5.56 Å². The lowest BCUT2D eigenvalue weighted by molar-refractivity contribution is 0.139. The van der Waals surface area contributed by atoms with Crippen molar-refractivity contribution in [1.29, 1.82) is 0 Å². The summed E-state index contributed by atoms with van der Waals surface area (Å²) in [6.45, 7) is 6.74. The number of piperidine rings is 1. The summed E-state index contributed by atoms with van der Waals surface area (Å²) < 4.78 is 12.8. The molecule has 3 rings (SSSR count). The number of rotatable bonds is 1. The van der Waals surface area contributed by atoms with Crippen LogP contribution in [0.1, 0.15) is 32.3 Å². The standard InChI is InChI=1S/C16H23NOS/c1-13(2)17-10-8-16(9-11-17)12-19(3,18)15-7-5-4-6-14(15)16/h4-7,13H,3,8-12H2,1-2H3. The minimum absolute atomic E-state index is 0.126. The second-order valence-corrected chi connectivity index (χ2v) is 8.71. The molecule has 2 nitrogen and oxygen atoms in total. The minimum Gasteiger partial charge on any atom is -0.301 e. The second kappa shape index (κ2) is 4.35. The van der Waals surface area contributed by atoms with E-state index in [-0.39, 0.29) is 5.41 Å². The number of benzene rings is 1. The highest BCUT2D eigenvalue weighted by Crippen LogP contribution is 2.46. The lowest BCUT2D eigenvalue weighted by Crippen LogP contribution is -2.46. The highest BCUT2D eigenvalue weighted by atomic mass is 32.2. The van der Waals surface area contributed by atoms with Gasteiger partial charge in [-0.15, -0.1) is 0 Å². The monoisotopic (exact) mass is 277 g/mol. The molecule has 2 heterocycles. The molecule has 1 aromatic rings. The Balaban J connectivity index is 1.96. The Hall–Kier alpha value is -0.800. The third-order valence-corrected chi connectivity index (χ3v) is 7.03. The van der Waals surface area contributed by atoms with Crippen LogP contribution in [0.3, 0.4) is 0 Å². The summed E-state index contributed by atoms with van der Waals surface area (Å²) in [5.74, 6) is 4.78. The zero-order valence-electron chi connectivity index (χ0n) is 11.9. The molecule has 0 aliphatic carbocycles. The van der Waals surface area contributed by atoms with Crippen LogP contribution in [0.25, 0.3) is 0 Å². The molecule has 1 atom stereocenters. The fourth-order valence-corrected chi connectivity index (χ4v) is 6.22. The lowest BCUT2D eigenvalue weighted by atomic mass is 9.74. The molecule has 2 aliphatic rings. The first kappa shape index (κ1) is 13.2. The molecule has 0 N–H and O–H groups in total. The lowest BCUT2D eigenvalue weighted by Gasteiger charge is -2.41. The Bertz CT molecular complexity index is 581. The molecule has 1 aromatic carbocycles. The van der Waals surface area contributed by atoms with Crippen molar-refractivity contribution in [2.75, 3.05) is 18.8 Å². The topological polar surface area (TPSA) is 20.3 Å². The van der Waals surface area contributed by atoms with Crippen LogP contribution in [0.4, 0.5) is 0 Å². The summed E-state index contributed by atoms with van der Waals surface area (Å²) in [5, 5.41) is 0. The molecule has 0 saturated carbocycles. The van der Waals surface area contributed by atoms with Crippen molar-refractivity contribution in [2.24, 2.45) is 0 Å². The van der Waals surface area contributed by atoms with Gasteiger partial charge in [0, 0.05) is 22.1 Å². The van der Waals surface area contributed by atoms with Gasteiger partial charge >= 0.3 is 0 Å². The predicted octanol–water partition coefficient (Wildman–Crippen LogP) is 2.52. The largest absolute Gasteiger partial charge is 0.301 e. The van der Waals surface area contributed by atoms with Gasteiger partial charge in [-0.25, -0.2) is 0 Å². The van der Waals surface area contributed by atoms with Crippen molar-refractivity contribution in [3.05, 3.63) is 29.8 Å². The van der Waals surface area contributed by atoms with E-state index >= 15 is 0 Å². The van der Waals surface area contributed by atoms with Crippen molar-refractivity contribution in [1.82, 2.24) is 4.90 Å². The van der Waals surface area contributed by atoms with Crippen LogP contribution in [-0.2, 0) is 14.9 Å². The van der Waals surface area contributed by atoms with Gasteiger partial charge in [-0.3, -0.25) is 4.21 Å². The smallest absolute Gasteiger partial charge is 0.0343 e. The van der Waals surface area contributed by atoms with E-state index in [0.29, 0.717) is 6.04 Å². The van der Waals surface area contributed by atoms with Crippen LogP contribution in [0, 0.1) is 0 Å². The van der Waals surface area contributed by atoms with Gasteiger partial charge in [-0.05, 0) is 66.8 Å². The maximum absolute atomic E-state index is 12.8. The van der Waals surface area contributed by atoms with Crippen LogP contribution in [0.2, 0.25) is 0 Å². The molecule has 1 saturated heterocycles. The second-order valence-electron chi connectivity index (χ2n) is 6.36. The van der Waals surface area contributed by atoms with E-state index in [9.17, 15) is 4.21 Å². The molecule has 19 heavy (non-hydrogen) atoms. The van der Waals surface area contributed by atoms with E-state index in [2.05, 4.69) is 36.8 Å². The third kappa shape index (κ3) is 2.03. The van der Waals surface area contributed by atoms with Gasteiger partial charge in [0.25, 0.3) is 0 Å². The SMILES string of the molecule is C=S1(=O)CC2(CCN(C(C)C)CC2)c2ccccc21. The van der Waals surface area contributed by atoms with Gasteiger partial charge in [0.2, 0.25) is 0 Å². The van der Waals surface area contributed by atoms with Crippen LogP contribution < -0.4 is 0 Å². The fourth-order valence-electron chi connectivity index (χ4n) is 3.71. The van der Waals surface area contributed by atoms with Crippen LogP contribution >= 0.6 is 0 Å². The molecular formula is C16H23NOS. The summed E-state index contributed by atoms with van der Waals surface area (Å²) in [4.78, 5) is 3.55. The number of nitrogens with zero attached hydrogens (tertiary/aromatic N) is 1. The Morgan fingerprint density at radius 2 is 1.89 bits per heavy atom. The van der Waals surface area contributed by atoms with Crippen molar-refractivity contribution >= 4 is 15.4 Å². The van der Waals surface area contributed by atoms with E-state index in [1.54, 1.807) is 0 Å². The van der Waals surface area contributed by atoms with Gasteiger partial charge in [-0.1, -0.05) is 18.2 Å². The molecular weight excluding hydrogens is 254 g/mol. The zero-order chi connectivity index (χ0) is 13.7. The summed E-state index contributed by atoms with van der Waals surface area (Å²) >= 11 is 0. The summed E-state index contributed by atoms with van der Waals surface area (Å²) in [6, 6.07) is 8.88. The van der Waals surface area contributed by atoms with Gasteiger partial charge in [0.1, 0.15) is 0 Å². The maximum Gasteiger partial charge on any atom is 0.0343 e. The van der Waals surface area contributed by atoms with Crippen LogP contribution in [0.15, 0.2) is 29.2 Å². The first-order valence-electron chi connectivity index (χ1n) is 7.13. The zero-order valence-corrected chi connectivity index (χ0v) is 12.7. The first-order chi connectivity index (χ1) is 8.95. The van der Waals surface area contributed by atoms with Crippen LogP contribution in [0.5, 0.6) is 0 Å². The maximum atomic E-state index is 12.8. The number of fused-ring (bicyclic) bond motifs is 2.